The van der Waals surface area contributed by atoms with E-state index in [-0.39, 0.29) is 5.91 Å². The molecule has 1 atom stereocenters. The highest BCUT2D eigenvalue weighted by Gasteiger charge is 2.19. The van der Waals surface area contributed by atoms with Gasteiger partial charge in [0.15, 0.2) is 0 Å². The monoisotopic (exact) mass is 290 g/mol. The molecule has 6 heteroatoms. The van der Waals surface area contributed by atoms with Crippen LogP contribution in [0.15, 0.2) is 18.3 Å². The lowest BCUT2D eigenvalue weighted by Crippen LogP contribution is -2.27. The number of aryl methyl sites for hydroxylation is 3. The molecule has 0 bridgehead atoms. The molecule has 2 heterocycles. The zero-order valence-electron chi connectivity index (χ0n) is 12.9. The van der Waals surface area contributed by atoms with E-state index in [4.69, 9.17) is 0 Å². The number of hydrogen-bond donors (Lipinski definition) is 2. The number of nitrogens with zero attached hydrogens (tertiary/aromatic N) is 3. The minimum atomic E-state index is -0.424. The second kappa shape index (κ2) is 6.13. The molecule has 0 aliphatic carbocycles. The van der Waals surface area contributed by atoms with Gasteiger partial charge in [-0.2, -0.15) is 5.10 Å². The number of carbonyl (C=O) groups is 1. The van der Waals surface area contributed by atoms with Crippen molar-refractivity contribution >= 4 is 5.91 Å². The van der Waals surface area contributed by atoms with E-state index in [1.807, 2.05) is 37.6 Å². The molecule has 0 aliphatic heterocycles. The second-order valence-corrected chi connectivity index (χ2v) is 5.35. The molecule has 6 nitrogen and oxygen atoms in total. The van der Waals surface area contributed by atoms with E-state index < -0.39 is 6.10 Å². The average molecular weight is 290 g/mol. The number of carbonyl (C=O) groups excluding carboxylic acids is 1. The van der Waals surface area contributed by atoms with Crippen molar-refractivity contribution in [1.82, 2.24) is 19.7 Å². The van der Waals surface area contributed by atoms with Crippen molar-refractivity contribution in [3.8, 4) is 5.82 Å². The van der Waals surface area contributed by atoms with E-state index in [1.54, 1.807) is 17.8 Å². The van der Waals surface area contributed by atoms with E-state index in [1.165, 1.54) is 0 Å². The lowest BCUT2D eigenvalue weighted by Gasteiger charge is -2.12. The summed E-state index contributed by atoms with van der Waals surface area (Å²) in [7, 11) is 1.82. The SMILES string of the molecule is Cc1ccc(C)n1-c1c(C(=O)NCCC(C)O)cnn1C. The highest BCUT2D eigenvalue weighted by atomic mass is 16.3. The van der Waals surface area contributed by atoms with Crippen molar-refractivity contribution in [1.29, 1.82) is 0 Å². The quantitative estimate of drug-likeness (QED) is 0.872. The number of aliphatic hydroxyl groups excluding tert-OH is 1. The standard InChI is InChI=1S/C15H22N4O2/c1-10-5-6-11(2)19(10)15-13(9-17-18(15)4)14(21)16-8-7-12(3)20/h5-6,9,12,20H,7-8H2,1-4H3,(H,16,21). The summed E-state index contributed by atoms with van der Waals surface area (Å²) in [6.07, 6.45) is 1.68. The van der Waals surface area contributed by atoms with Gasteiger partial charge in [0.2, 0.25) is 0 Å². The summed E-state index contributed by atoms with van der Waals surface area (Å²) in [6, 6.07) is 4.02. The summed E-state index contributed by atoms with van der Waals surface area (Å²) in [4.78, 5) is 12.3. The maximum atomic E-state index is 12.3. The van der Waals surface area contributed by atoms with Gasteiger partial charge in [0.25, 0.3) is 5.91 Å². The topological polar surface area (TPSA) is 72.1 Å². The van der Waals surface area contributed by atoms with Crippen LogP contribution in [0.2, 0.25) is 0 Å². The molecule has 2 N–H and O–H groups in total. The van der Waals surface area contributed by atoms with Crippen molar-refractivity contribution in [2.75, 3.05) is 6.54 Å². The molecule has 0 saturated carbocycles. The van der Waals surface area contributed by atoms with Crippen LogP contribution >= 0.6 is 0 Å². The third-order valence-corrected chi connectivity index (χ3v) is 3.48. The number of rotatable bonds is 5. The van der Waals surface area contributed by atoms with Crippen LogP contribution in [0.3, 0.4) is 0 Å². The van der Waals surface area contributed by atoms with Gasteiger partial charge in [0.05, 0.1) is 12.3 Å². The van der Waals surface area contributed by atoms with Crippen LogP contribution < -0.4 is 5.32 Å². The number of amides is 1. The van der Waals surface area contributed by atoms with Gasteiger partial charge in [0.1, 0.15) is 11.4 Å². The molecular weight excluding hydrogens is 268 g/mol. The third-order valence-electron chi connectivity index (χ3n) is 3.48. The Morgan fingerprint density at radius 3 is 2.57 bits per heavy atom. The van der Waals surface area contributed by atoms with Crippen molar-refractivity contribution in [3.63, 3.8) is 0 Å². The molecule has 114 valence electrons. The van der Waals surface area contributed by atoms with Crippen molar-refractivity contribution in [3.05, 3.63) is 35.3 Å². The molecule has 0 aliphatic rings. The van der Waals surface area contributed by atoms with E-state index in [0.29, 0.717) is 18.5 Å². The minimum absolute atomic E-state index is 0.175. The maximum absolute atomic E-state index is 12.3. The third kappa shape index (κ3) is 3.16. The van der Waals surface area contributed by atoms with E-state index in [9.17, 15) is 9.90 Å². The normalized spacial score (nSPS) is 12.4. The first-order valence-corrected chi connectivity index (χ1v) is 7.05. The molecule has 0 aromatic carbocycles. The van der Waals surface area contributed by atoms with Gasteiger partial charge in [-0.15, -0.1) is 0 Å². The zero-order valence-corrected chi connectivity index (χ0v) is 12.9. The molecule has 1 unspecified atom stereocenters. The van der Waals surface area contributed by atoms with Crippen molar-refractivity contribution < 1.29 is 9.90 Å². The molecule has 0 spiro atoms. The Bertz CT molecular complexity index is 621. The second-order valence-electron chi connectivity index (χ2n) is 5.35. The Labute approximate surface area is 124 Å². The molecular formula is C15H22N4O2. The fraction of sp³-hybridized carbons (Fsp3) is 0.467. The first-order valence-electron chi connectivity index (χ1n) is 7.05. The average Bonchev–Trinajstić information content (AvgIpc) is 2.92. The molecule has 0 radical (unpaired) electrons. The van der Waals surface area contributed by atoms with Crippen LogP contribution in [-0.2, 0) is 7.05 Å². The minimum Gasteiger partial charge on any atom is -0.393 e. The van der Waals surface area contributed by atoms with Crippen LogP contribution in [0.25, 0.3) is 5.82 Å². The Morgan fingerprint density at radius 1 is 1.38 bits per heavy atom. The summed E-state index contributed by atoms with van der Waals surface area (Å²) in [5.41, 5.74) is 2.63. The summed E-state index contributed by atoms with van der Waals surface area (Å²) in [5, 5.41) is 16.3. The Kier molecular flexibility index (Phi) is 4.47. The van der Waals surface area contributed by atoms with E-state index >= 15 is 0 Å². The first-order chi connectivity index (χ1) is 9.91. The van der Waals surface area contributed by atoms with Gasteiger partial charge >= 0.3 is 0 Å². The maximum Gasteiger partial charge on any atom is 0.256 e. The zero-order chi connectivity index (χ0) is 15.6. The van der Waals surface area contributed by atoms with Crippen LogP contribution in [0, 0.1) is 13.8 Å². The largest absolute Gasteiger partial charge is 0.393 e. The lowest BCUT2D eigenvalue weighted by molar-refractivity contribution is 0.0945. The van der Waals surface area contributed by atoms with Gasteiger partial charge < -0.3 is 15.0 Å². The van der Waals surface area contributed by atoms with Crippen LogP contribution in [0.1, 0.15) is 35.1 Å². The Hall–Kier alpha value is -2.08. The van der Waals surface area contributed by atoms with Gasteiger partial charge in [-0.25, -0.2) is 0 Å². The van der Waals surface area contributed by atoms with Gasteiger partial charge in [-0.3, -0.25) is 9.48 Å². The predicted molar refractivity (Wildman–Crippen MR) is 80.6 cm³/mol. The number of nitrogens with one attached hydrogen (secondary N) is 1. The van der Waals surface area contributed by atoms with Crippen LogP contribution in [0.5, 0.6) is 0 Å². The Morgan fingerprint density at radius 2 is 2.00 bits per heavy atom. The smallest absolute Gasteiger partial charge is 0.256 e. The van der Waals surface area contributed by atoms with Crippen molar-refractivity contribution in [2.24, 2.45) is 7.05 Å². The van der Waals surface area contributed by atoms with Crippen molar-refractivity contribution in [2.45, 2.75) is 33.3 Å². The molecule has 2 aromatic heterocycles. The van der Waals surface area contributed by atoms with E-state index in [2.05, 4.69) is 10.4 Å². The molecule has 0 saturated heterocycles. The summed E-state index contributed by atoms with van der Waals surface area (Å²) in [5.74, 6) is 0.579. The van der Waals surface area contributed by atoms with Gasteiger partial charge in [-0.05, 0) is 39.3 Å². The van der Waals surface area contributed by atoms with E-state index in [0.717, 1.165) is 17.2 Å². The van der Waals surface area contributed by atoms with Crippen LogP contribution in [-0.4, -0.2) is 38.0 Å². The number of aromatic nitrogens is 3. The summed E-state index contributed by atoms with van der Waals surface area (Å²) < 4.78 is 3.71. The Balaban J connectivity index is 2.29. The molecule has 21 heavy (non-hydrogen) atoms. The first kappa shape index (κ1) is 15.3. The fourth-order valence-corrected chi connectivity index (χ4v) is 2.35. The highest BCUT2D eigenvalue weighted by molar-refractivity contribution is 5.97. The number of hydrogen-bond acceptors (Lipinski definition) is 3. The molecule has 1 amide bonds. The predicted octanol–water partition coefficient (Wildman–Crippen LogP) is 1.33. The molecule has 0 fully saturated rings. The fourth-order valence-electron chi connectivity index (χ4n) is 2.35. The highest BCUT2D eigenvalue weighted by Crippen LogP contribution is 2.19. The van der Waals surface area contributed by atoms with Gasteiger partial charge in [0, 0.05) is 25.0 Å². The van der Waals surface area contributed by atoms with Gasteiger partial charge in [-0.1, -0.05) is 0 Å². The van der Waals surface area contributed by atoms with Crippen LogP contribution in [0.4, 0.5) is 0 Å². The molecule has 2 rings (SSSR count). The summed E-state index contributed by atoms with van der Waals surface area (Å²) >= 11 is 0. The molecule has 2 aromatic rings. The lowest BCUT2D eigenvalue weighted by atomic mass is 10.2. The number of aliphatic hydroxyl groups is 1. The summed E-state index contributed by atoms with van der Waals surface area (Å²) in [6.45, 7) is 6.13.